The molecule has 0 unspecified atom stereocenters. The van der Waals surface area contributed by atoms with Gasteiger partial charge >= 0.3 is 0 Å². The summed E-state index contributed by atoms with van der Waals surface area (Å²) in [5.41, 5.74) is -0.903. The fourth-order valence-corrected chi connectivity index (χ4v) is 1.91. The van der Waals surface area contributed by atoms with Crippen LogP contribution in [0.2, 0.25) is 0 Å². The summed E-state index contributed by atoms with van der Waals surface area (Å²) in [4.78, 5) is 24.3. The first-order valence-corrected chi connectivity index (χ1v) is 6.01. The molecule has 0 aliphatic carbocycles. The smallest absolute Gasteiger partial charge is 0.229 e. The lowest BCUT2D eigenvalue weighted by atomic mass is 9.83. The van der Waals surface area contributed by atoms with E-state index in [2.05, 4.69) is 0 Å². The average molecular weight is 266 g/mol. The molecule has 1 aromatic rings. The Labute approximate surface area is 110 Å². The van der Waals surface area contributed by atoms with Gasteiger partial charge in [0.2, 0.25) is 11.6 Å². The van der Waals surface area contributed by atoms with Gasteiger partial charge in [-0.3, -0.25) is 9.59 Å². The summed E-state index contributed by atoms with van der Waals surface area (Å²) >= 11 is 0. The number of ketones is 2. The van der Waals surface area contributed by atoms with Gasteiger partial charge in [0.1, 0.15) is 5.82 Å². The van der Waals surface area contributed by atoms with Crippen LogP contribution in [0.15, 0.2) is 24.3 Å². The third kappa shape index (κ3) is 2.72. The SMILES string of the molecule is CC(C)(C(=O)C(=O)c1ccc(F)cc1)C1OCCO1. The molecule has 102 valence electrons. The third-order valence-corrected chi connectivity index (χ3v) is 3.11. The van der Waals surface area contributed by atoms with E-state index in [4.69, 9.17) is 9.47 Å². The predicted octanol–water partition coefficient (Wildman–Crippen LogP) is 1.98. The Morgan fingerprint density at radius 2 is 1.68 bits per heavy atom. The van der Waals surface area contributed by atoms with Gasteiger partial charge in [-0.1, -0.05) is 0 Å². The second-order valence-electron chi connectivity index (χ2n) is 4.96. The highest BCUT2D eigenvalue weighted by Crippen LogP contribution is 2.29. The van der Waals surface area contributed by atoms with Crippen molar-refractivity contribution in [3.63, 3.8) is 0 Å². The van der Waals surface area contributed by atoms with E-state index in [0.29, 0.717) is 13.2 Å². The molecule has 5 heteroatoms. The summed E-state index contributed by atoms with van der Waals surface area (Å²) in [7, 11) is 0. The van der Waals surface area contributed by atoms with Crippen LogP contribution in [-0.4, -0.2) is 31.1 Å². The topological polar surface area (TPSA) is 52.6 Å². The molecule has 0 saturated carbocycles. The lowest BCUT2D eigenvalue weighted by Gasteiger charge is -2.27. The number of hydrogen-bond donors (Lipinski definition) is 0. The minimum atomic E-state index is -1.07. The van der Waals surface area contributed by atoms with Crippen molar-refractivity contribution in [3.8, 4) is 0 Å². The van der Waals surface area contributed by atoms with Crippen molar-refractivity contribution in [2.75, 3.05) is 13.2 Å². The lowest BCUT2D eigenvalue weighted by Crippen LogP contribution is -2.41. The number of benzene rings is 1. The van der Waals surface area contributed by atoms with E-state index in [0.717, 1.165) is 12.1 Å². The van der Waals surface area contributed by atoms with Crippen molar-refractivity contribution in [3.05, 3.63) is 35.6 Å². The number of rotatable bonds is 4. The molecule has 0 amide bonds. The van der Waals surface area contributed by atoms with E-state index >= 15 is 0 Å². The zero-order valence-electron chi connectivity index (χ0n) is 10.8. The largest absolute Gasteiger partial charge is 0.349 e. The van der Waals surface area contributed by atoms with Crippen LogP contribution in [0.25, 0.3) is 0 Å². The van der Waals surface area contributed by atoms with Gasteiger partial charge in [-0.15, -0.1) is 0 Å². The molecule has 0 spiro atoms. The highest BCUT2D eigenvalue weighted by molar-refractivity contribution is 6.45. The summed E-state index contributed by atoms with van der Waals surface area (Å²) in [6.45, 7) is 4.03. The second-order valence-corrected chi connectivity index (χ2v) is 4.96. The summed E-state index contributed by atoms with van der Waals surface area (Å²) in [5.74, 6) is -1.72. The molecule has 0 atom stereocenters. The van der Waals surface area contributed by atoms with Crippen LogP contribution >= 0.6 is 0 Å². The Balaban J connectivity index is 2.18. The normalized spacial score (nSPS) is 16.6. The molecule has 19 heavy (non-hydrogen) atoms. The van der Waals surface area contributed by atoms with Gasteiger partial charge in [0.05, 0.1) is 18.6 Å². The zero-order valence-corrected chi connectivity index (χ0v) is 10.8. The highest BCUT2D eigenvalue weighted by Gasteiger charge is 2.43. The molecular formula is C14H15FO4. The first kappa shape index (κ1) is 13.8. The monoisotopic (exact) mass is 266 g/mol. The number of halogens is 1. The van der Waals surface area contributed by atoms with Gasteiger partial charge in [-0.05, 0) is 38.1 Å². The molecule has 1 saturated heterocycles. The van der Waals surface area contributed by atoms with Gasteiger partial charge in [0, 0.05) is 5.56 Å². The Morgan fingerprint density at radius 3 is 2.21 bits per heavy atom. The number of Topliss-reactive ketones (excluding diaryl/α,β-unsaturated/α-hetero) is 2. The molecule has 1 fully saturated rings. The van der Waals surface area contributed by atoms with Crippen LogP contribution in [0, 0.1) is 11.2 Å². The van der Waals surface area contributed by atoms with Crippen LogP contribution < -0.4 is 0 Å². The first-order chi connectivity index (χ1) is 8.93. The van der Waals surface area contributed by atoms with Crippen molar-refractivity contribution in [1.29, 1.82) is 0 Å². The molecule has 0 bridgehead atoms. The van der Waals surface area contributed by atoms with E-state index in [1.54, 1.807) is 13.8 Å². The number of hydrogen-bond acceptors (Lipinski definition) is 4. The van der Waals surface area contributed by atoms with Crippen LogP contribution in [-0.2, 0) is 14.3 Å². The quantitative estimate of drug-likeness (QED) is 0.617. The molecule has 1 aromatic carbocycles. The maximum Gasteiger partial charge on any atom is 0.229 e. The molecule has 4 nitrogen and oxygen atoms in total. The second kappa shape index (κ2) is 5.19. The lowest BCUT2D eigenvalue weighted by molar-refractivity contribution is -0.150. The van der Waals surface area contributed by atoms with Crippen LogP contribution in [0.4, 0.5) is 4.39 Å². The van der Waals surface area contributed by atoms with Gasteiger partial charge in [-0.25, -0.2) is 4.39 Å². The molecule has 1 heterocycles. The van der Waals surface area contributed by atoms with E-state index < -0.39 is 29.1 Å². The minimum absolute atomic E-state index is 0.164. The van der Waals surface area contributed by atoms with E-state index in [9.17, 15) is 14.0 Å². The Morgan fingerprint density at radius 1 is 1.16 bits per heavy atom. The van der Waals surface area contributed by atoms with Crippen molar-refractivity contribution in [1.82, 2.24) is 0 Å². The Bertz CT molecular complexity index is 487. The van der Waals surface area contributed by atoms with Crippen LogP contribution in [0.5, 0.6) is 0 Å². The number of carbonyl (C=O) groups is 2. The number of carbonyl (C=O) groups excluding carboxylic acids is 2. The van der Waals surface area contributed by atoms with Crippen LogP contribution in [0.1, 0.15) is 24.2 Å². The standard InChI is InChI=1S/C14H15FO4/c1-14(2,13-18-7-8-19-13)12(17)11(16)9-3-5-10(15)6-4-9/h3-6,13H,7-8H2,1-2H3. The fourth-order valence-electron chi connectivity index (χ4n) is 1.91. The summed E-state index contributed by atoms with van der Waals surface area (Å²) in [5, 5.41) is 0. The molecule has 2 rings (SSSR count). The summed E-state index contributed by atoms with van der Waals surface area (Å²) in [6, 6.07) is 4.89. The predicted molar refractivity (Wildman–Crippen MR) is 65.2 cm³/mol. The van der Waals surface area contributed by atoms with Crippen LogP contribution in [0.3, 0.4) is 0 Å². The zero-order chi connectivity index (χ0) is 14.0. The van der Waals surface area contributed by atoms with Crippen molar-refractivity contribution in [2.45, 2.75) is 20.1 Å². The molecule has 1 aliphatic heterocycles. The summed E-state index contributed by atoms with van der Waals surface area (Å²) in [6.07, 6.45) is -0.718. The average Bonchev–Trinajstić information content (AvgIpc) is 2.92. The highest BCUT2D eigenvalue weighted by atomic mass is 19.1. The van der Waals surface area contributed by atoms with E-state index in [1.807, 2.05) is 0 Å². The molecule has 0 aromatic heterocycles. The molecule has 0 N–H and O–H groups in total. The maximum atomic E-state index is 12.8. The van der Waals surface area contributed by atoms with Crippen molar-refractivity contribution < 1.29 is 23.5 Å². The fraction of sp³-hybridized carbons (Fsp3) is 0.429. The molecule has 0 radical (unpaired) electrons. The van der Waals surface area contributed by atoms with Gasteiger partial charge in [0.15, 0.2) is 6.29 Å². The minimum Gasteiger partial charge on any atom is -0.349 e. The van der Waals surface area contributed by atoms with Gasteiger partial charge < -0.3 is 9.47 Å². The van der Waals surface area contributed by atoms with Crippen molar-refractivity contribution in [2.24, 2.45) is 5.41 Å². The van der Waals surface area contributed by atoms with E-state index in [1.165, 1.54) is 12.1 Å². The number of ether oxygens (including phenoxy) is 2. The summed E-state index contributed by atoms with van der Waals surface area (Å²) < 4.78 is 23.4. The first-order valence-electron chi connectivity index (χ1n) is 6.01. The maximum absolute atomic E-state index is 12.8. The van der Waals surface area contributed by atoms with Gasteiger partial charge in [-0.2, -0.15) is 0 Å². The van der Waals surface area contributed by atoms with Gasteiger partial charge in [0.25, 0.3) is 0 Å². The van der Waals surface area contributed by atoms with E-state index in [-0.39, 0.29) is 5.56 Å². The Hall–Kier alpha value is -1.59. The third-order valence-electron chi connectivity index (χ3n) is 3.11. The van der Waals surface area contributed by atoms with Crippen molar-refractivity contribution >= 4 is 11.6 Å². The molecule has 1 aliphatic rings. The molecular weight excluding hydrogens is 251 g/mol. The Kier molecular flexibility index (Phi) is 3.78.